The summed E-state index contributed by atoms with van der Waals surface area (Å²) in [6.45, 7) is 0.543. The summed E-state index contributed by atoms with van der Waals surface area (Å²) in [7, 11) is -4.76. The Balaban J connectivity index is 2.82. The first-order valence-electron chi connectivity index (χ1n) is 4.79. The topological polar surface area (TPSA) is 94.9 Å². The molecule has 0 radical (unpaired) electrons. The fourth-order valence-electron chi connectivity index (χ4n) is 1.72. The lowest BCUT2D eigenvalue weighted by atomic mass is 10.2. The van der Waals surface area contributed by atoms with Crippen LogP contribution in [0.4, 0.5) is 3.89 Å². The van der Waals surface area contributed by atoms with Crippen molar-refractivity contribution < 1.29 is 27.3 Å². The summed E-state index contributed by atoms with van der Waals surface area (Å²) < 4.78 is 33.9. The molecule has 1 amide bonds. The summed E-state index contributed by atoms with van der Waals surface area (Å²) in [5.74, 6) is -0.578. The van der Waals surface area contributed by atoms with Crippen LogP contribution in [0, 0.1) is 0 Å². The van der Waals surface area contributed by atoms with Crippen LogP contribution < -0.4 is 0 Å². The fourth-order valence-corrected chi connectivity index (χ4v) is 2.40. The summed E-state index contributed by atoms with van der Waals surface area (Å²) in [6.07, 6.45) is -1.45. The van der Waals surface area contributed by atoms with E-state index in [1.165, 1.54) is 6.92 Å². The van der Waals surface area contributed by atoms with E-state index in [0.29, 0.717) is 0 Å². The molecule has 0 aromatic carbocycles. The number of carbonyl (C=O) groups excluding carboxylic acids is 1. The SMILES string of the molecule is C[C@@H](O)[C@@H](CO)N1CC(S(=O)(=O)F)CC1=O. The lowest BCUT2D eigenvalue weighted by Crippen LogP contribution is -2.46. The van der Waals surface area contributed by atoms with Gasteiger partial charge in [-0.15, -0.1) is 3.89 Å². The number of rotatable bonds is 4. The third-order valence-corrected chi connectivity index (χ3v) is 3.78. The van der Waals surface area contributed by atoms with E-state index in [2.05, 4.69) is 0 Å². The van der Waals surface area contributed by atoms with Gasteiger partial charge < -0.3 is 15.1 Å². The number of likely N-dealkylation sites (tertiary alicyclic amines) is 1. The number of aliphatic hydroxyl groups is 2. The number of hydrogen-bond acceptors (Lipinski definition) is 5. The molecule has 0 aromatic heterocycles. The van der Waals surface area contributed by atoms with E-state index >= 15 is 0 Å². The molecule has 0 aliphatic carbocycles. The fraction of sp³-hybridized carbons (Fsp3) is 0.875. The van der Waals surface area contributed by atoms with Crippen LogP contribution in [0.3, 0.4) is 0 Å². The van der Waals surface area contributed by atoms with Gasteiger partial charge in [0.05, 0.1) is 18.8 Å². The molecule has 0 spiro atoms. The number of carbonyl (C=O) groups is 1. The molecule has 1 rings (SSSR count). The summed E-state index contributed by atoms with van der Waals surface area (Å²) in [4.78, 5) is 12.4. The molecule has 1 fully saturated rings. The summed E-state index contributed by atoms with van der Waals surface area (Å²) >= 11 is 0. The third kappa shape index (κ3) is 2.69. The van der Waals surface area contributed by atoms with Gasteiger partial charge in [0.2, 0.25) is 5.91 Å². The van der Waals surface area contributed by atoms with E-state index in [9.17, 15) is 22.2 Å². The number of aliphatic hydroxyl groups excluding tert-OH is 2. The van der Waals surface area contributed by atoms with Gasteiger partial charge in [-0.25, -0.2) is 0 Å². The van der Waals surface area contributed by atoms with E-state index in [1.807, 2.05) is 0 Å². The highest BCUT2D eigenvalue weighted by Crippen LogP contribution is 2.22. The second kappa shape index (κ2) is 4.64. The van der Waals surface area contributed by atoms with Crippen molar-refractivity contribution in [2.24, 2.45) is 0 Å². The van der Waals surface area contributed by atoms with Crippen molar-refractivity contribution in [1.82, 2.24) is 4.90 Å². The maximum Gasteiger partial charge on any atom is 0.307 e. The monoisotopic (exact) mass is 255 g/mol. The number of halogens is 1. The predicted octanol–water partition coefficient (Wildman–Crippen LogP) is -1.37. The maximum atomic E-state index is 12.7. The standard InChI is InChI=1S/C8H14FNO5S/c1-5(12)7(4-11)10-3-6(2-8(10)13)16(9,14)15/h5-7,11-12H,2-4H2,1H3/t5-,6?,7-/m1/s1. The molecule has 1 saturated heterocycles. The van der Waals surface area contributed by atoms with Crippen LogP contribution in [0.25, 0.3) is 0 Å². The molecule has 0 bridgehead atoms. The quantitative estimate of drug-likeness (QED) is 0.604. The maximum absolute atomic E-state index is 12.7. The Kier molecular flexibility index (Phi) is 3.87. The summed E-state index contributed by atoms with van der Waals surface area (Å²) in [5.41, 5.74) is 0. The Labute approximate surface area is 92.9 Å². The van der Waals surface area contributed by atoms with Gasteiger partial charge in [-0.1, -0.05) is 0 Å². The molecule has 1 unspecified atom stereocenters. The van der Waals surface area contributed by atoms with Gasteiger partial charge in [-0.05, 0) is 6.92 Å². The van der Waals surface area contributed by atoms with Crippen molar-refractivity contribution in [2.45, 2.75) is 30.7 Å². The van der Waals surface area contributed by atoms with E-state index in [1.54, 1.807) is 0 Å². The second-order valence-corrected chi connectivity index (χ2v) is 5.46. The normalized spacial score (nSPS) is 25.9. The summed E-state index contributed by atoms with van der Waals surface area (Å²) in [5, 5.41) is 16.9. The van der Waals surface area contributed by atoms with E-state index in [4.69, 9.17) is 5.11 Å². The van der Waals surface area contributed by atoms with Gasteiger partial charge in [0.25, 0.3) is 0 Å². The Morgan fingerprint density at radius 1 is 1.62 bits per heavy atom. The first-order valence-corrected chi connectivity index (χ1v) is 6.24. The molecule has 8 heteroatoms. The molecule has 1 heterocycles. The Bertz CT molecular complexity index is 369. The summed E-state index contributed by atoms with van der Waals surface area (Å²) in [6, 6.07) is -0.890. The molecular formula is C8H14FNO5S. The molecule has 6 nitrogen and oxygen atoms in total. The highest BCUT2D eigenvalue weighted by atomic mass is 32.3. The number of amides is 1. The van der Waals surface area contributed by atoms with Crippen molar-refractivity contribution >= 4 is 16.1 Å². The van der Waals surface area contributed by atoms with Crippen LogP contribution in [0.1, 0.15) is 13.3 Å². The zero-order chi connectivity index (χ0) is 12.5. The first kappa shape index (κ1) is 13.3. The Morgan fingerprint density at radius 3 is 2.50 bits per heavy atom. The second-order valence-electron chi connectivity index (χ2n) is 3.84. The van der Waals surface area contributed by atoms with Crippen LogP contribution in [0.5, 0.6) is 0 Å². The van der Waals surface area contributed by atoms with Gasteiger partial charge in [0, 0.05) is 13.0 Å². The lowest BCUT2D eigenvalue weighted by Gasteiger charge is -2.28. The van der Waals surface area contributed by atoms with Crippen LogP contribution in [-0.4, -0.2) is 60.0 Å². The Hall–Kier alpha value is -0.730. The van der Waals surface area contributed by atoms with E-state index in [-0.39, 0.29) is 6.54 Å². The first-order chi connectivity index (χ1) is 7.27. The highest BCUT2D eigenvalue weighted by Gasteiger charge is 2.42. The molecule has 1 aliphatic heterocycles. The Morgan fingerprint density at radius 2 is 2.19 bits per heavy atom. The minimum absolute atomic E-state index is 0.326. The molecule has 3 atom stereocenters. The van der Waals surface area contributed by atoms with Crippen LogP contribution >= 0.6 is 0 Å². The molecule has 16 heavy (non-hydrogen) atoms. The van der Waals surface area contributed by atoms with Gasteiger partial charge in [-0.3, -0.25) is 4.79 Å². The van der Waals surface area contributed by atoms with Crippen molar-refractivity contribution in [3.8, 4) is 0 Å². The van der Waals surface area contributed by atoms with Crippen LogP contribution in [0.2, 0.25) is 0 Å². The molecule has 2 N–H and O–H groups in total. The predicted molar refractivity (Wildman–Crippen MR) is 52.7 cm³/mol. The lowest BCUT2D eigenvalue weighted by molar-refractivity contribution is -0.132. The third-order valence-electron chi connectivity index (χ3n) is 2.67. The molecule has 1 aliphatic rings. The molecule has 0 aromatic rings. The van der Waals surface area contributed by atoms with Gasteiger partial charge >= 0.3 is 10.2 Å². The molecule has 0 saturated carbocycles. The van der Waals surface area contributed by atoms with Crippen molar-refractivity contribution in [2.75, 3.05) is 13.2 Å². The van der Waals surface area contributed by atoms with Gasteiger partial charge in [0.15, 0.2) is 0 Å². The average Bonchev–Trinajstić information content (AvgIpc) is 2.48. The number of nitrogens with zero attached hydrogens (tertiary/aromatic N) is 1. The average molecular weight is 255 g/mol. The highest BCUT2D eigenvalue weighted by molar-refractivity contribution is 7.87. The number of hydrogen-bond donors (Lipinski definition) is 2. The smallest absolute Gasteiger partial charge is 0.307 e. The van der Waals surface area contributed by atoms with Crippen molar-refractivity contribution in [3.63, 3.8) is 0 Å². The van der Waals surface area contributed by atoms with E-state index < -0.39 is 46.6 Å². The van der Waals surface area contributed by atoms with Crippen LogP contribution in [-0.2, 0) is 15.0 Å². The molecular weight excluding hydrogens is 241 g/mol. The minimum Gasteiger partial charge on any atom is -0.394 e. The van der Waals surface area contributed by atoms with E-state index in [0.717, 1.165) is 4.90 Å². The zero-order valence-electron chi connectivity index (χ0n) is 8.71. The zero-order valence-corrected chi connectivity index (χ0v) is 9.52. The van der Waals surface area contributed by atoms with Crippen molar-refractivity contribution in [3.05, 3.63) is 0 Å². The molecule has 94 valence electrons. The van der Waals surface area contributed by atoms with Gasteiger partial charge in [-0.2, -0.15) is 8.42 Å². The van der Waals surface area contributed by atoms with Crippen molar-refractivity contribution in [1.29, 1.82) is 0 Å². The van der Waals surface area contributed by atoms with Gasteiger partial charge in [0.1, 0.15) is 5.25 Å². The van der Waals surface area contributed by atoms with Crippen LogP contribution in [0.15, 0.2) is 0 Å². The largest absolute Gasteiger partial charge is 0.394 e. The minimum atomic E-state index is -4.76.